The molecule has 2 saturated heterocycles. The van der Waals surface area contributed by atoms with Crippen molar-refractivity contribution in [3.05, 3.63) is 35.7 Å². The van der Waals surface area contributed by atoms with Crippen molar-refractivity contribution < 1.29 is 4.79 Å². The van der Waals surface area contributed by atoms with E-state index in [1.807, 2.05) is 25.3 Å². The van der Waals surface area contributed by atoms with Crippen LogP contribution in [0.2, 0.25) is 0 Å². The Morgan fingerprint density at radius 3 is 2.72 bits per heavy atom. The highest BCUT2D eigenvalue weighted by molar-refractivity contribution is 7.99. The number of nitrogens with one attached hydrogen (secondary N) is 1. The third-order valence-electron chi connectivity index (χ3n) is 5.48. The van der Waals surface area contributed by atoms with Crippen LogP contribution >= 0.6 is 11.8 Å². The van der Waals surface area contributed by atoms with Crippen molar-refractivity contribution in [1.82, 2.24) is 19.8 Å². The Morgan fingerprint density at radius 1 is 1.20 bits per heavy atom. The predicted molar refractivity (Wildman–Crippen MR) is 102 cm³/mol. The molecule has 0 atom stereocenters. The van der Waals surface area contributed by atoms with E-state index < -0.39 is 0 Å². The van der Waals surface area contributed by atoms with E-state index in [4.69, 9.17) is 0 Å². The van der Waals surface area contributed by atoms with E-state index in [2.05, 4.69) is 27.1 Å². The molecule has 4 heterocycles. The molecular formula is C19H26N4OS. The predicted octanol–water partition coefficient (Wildman–Crippen LogP) is 2.73. The molecule has 2 aliphatic heterocycles. The number of hydrogen-bond acceptors (Lipinski definition) is 4. The summed E-state index contributed by atoms with van der Waals surface area (Å²) < 4.78 is 1.79. The van der Waals surface area contributed by atoms with Gasteiger partial charge >= 0.3 is 0 Å². The highest BCUT2D eigenvalue weighted by Crippen LogP contribution is 2.24. The summed E-state index contributed by atoms with van der Waals surface area (Å²) in [5.74, 6) is 2.61. The Hall–Kier alpha value is -1.53. The number of carbonyl (C=O) groups is 1. The maximum Gasteiger partial charge on any atom is 0.255 e. The number of aryl methyl sites for hydroxylation is 1. The minimum Gasteiger partial charge on any atom is -0.349 e. The zero-order valence-corrected chi connectivity index (χ0v) is 15.6. The number of piperidine rings is 1. The summed E-state index contributed by atoms with van der Waals surface area (Å²) in [7, 11) is 0. The van der Waals surface area contributed by atoms with Crippen molar-refractivity contribution in [2.75, 3.05) is 24.6 Å². The first kappa shape index (κ1) is 16.9. The maximum absolute atomic E-state index is 12.7. The number of pyridine rings is 1. The average molecular weight is 359 g/mol. The number of hydrogen-bond donors (Lipinski definition) is 1. The third kappa shape index (κ3) is 3.70. The SMILES string of the molecule is Cc1ccc2c(C(=O)NC3CCN(C4CCSCC4)CC3)cnn2c1. The Kier molecular flexibility index (Phi) is 4.99. The second-order valence-corrected chi connectivity index (χ2v) is 8.45. The van der Waals surface area contributed by atoms with Crippen LogP contribution in [0.1, 0.15) is 41.6 Å². The van der Waals surface area contributed by atoms with Crippen LogP contribution in [0.4, 0.5) is 0 Å². The lowest BCUT2D eigenvalue weighted by Gasteiger charge is -2.39. The summed E-state index contributed by atoms with van der Waals surface area (Å²) in [6, 6.07) is 5.04. The van der Waals surface area contributed by atoms with Gasteiger partial charge in [0.1, 0.15) is 0 Å². The van der Waals surface area contributed by atoms with Gasteiger partial charge in [-0.1, -0.05) is 6.07 Å². The normalized spacial score (nSPS) is 20.8. The first-order chi connectivity index (χ1) is 12.2. The molecule has 134 valence electrons. The fourth-order valence-electron chi connectivity index (χ4n) is 3.98. The number of thioether (sulfide) groups is 1. The number of aromatic nitrogens is 2. The lowest BCUT2D eigenvalue weighted by atomic mass is 10.0. The smallest absolute Gasteiger partial charge is 0.255 e. The molecular weight excluding hydrogens is 332 g/mol. The van der Waals surface area contributed by atoms with Gasteiger partial charge in [-0.25, -0.2) is 4.52 Å². The van der Waals surface area contributed by atoms with E-state index in [1.165, 1.54) is 24.3 Å². The molecule has 0 unspecified atom stereocenters. The molecule has 1 N–H and O–H groups in total. The summed E-state index contributed by atoms with van der Waals surface area (Å²) in [5.41, 5.74) is 2.68. The second-order valence-electron chi connectivity index (χ2n) is 7.22. The minimum atomic E-state index is 0.00590. The van der Waals surface area contributed by atoms with Gasteiger partial charge < -0.3 is 10.2 Å². The molecule has 5 nitrogen and oxygen atoms in total. The lowest BCUT2D eigenvalue weighted by Crippen LogP contribution is -2.48. The molecule has 0 aromatic carbocycles. The summed E-state index contributed by atoms with van der Waals surface area (Å²) in [6.07, 6.45) is 8.38. The zero-order valence-electron chi connectivity index (χ0n) is 14.8. The summed E-state index contributed by atoms with van der Waals surface area (Å²) in [4.78, 5) is 15.3. The van der Waals surface area contributed by atoms with Crippen molar-refractivity contribution >= 4 is 23.2 Å². The molecule has 0 radical (unpaired) electrons. The minimum absolute atomic E-state index is 0.00590. The van der Waals surface area contributed by atoms with Gasteiger partial charge in [0, 0.05) is 31.4 Å². The van der Waals surface area contributed by atoms with E-state index >= 15 is 0 Å². The number of nitrogens with zero attached hydrogens (tertiary/aromatic N) is 3. The quantitative estimate of drug-likeness (QED) is 0.917. The van der Waals surface area contributed by atoms with Gasteiger partial charge in [-0.05, 0) is 55.7 Å². The highest BCUT2D eigenvalue weighted by atomic mass is 32.2. The van der Waals surface area contributed by atoms with E-state index in [-0.39, 0.29) is 11.9 Å². The molecule has 6 heteroatoms. The van der Waals surface area contributed by atoms with Crippen LogP contribution in [0.25, 0.3) is 5.52 Å². The van der Waals surface area contributed by atoms with Gasteiger partial charge in [0.25, 0.3) is 5.91 Å². The van der Waals surface area contributed by atoms with Crippen LogP contribution in [0.15, 0.2) is 24.5 Å². The number of carbonyl (C=O) groups excluding carboxylic acids is 1. The molecule has 2 fully saturated rings. The first-order valence-corrected chi connectivity index (χ1v) is 10.4. The van der Waals surface area contributed by atoms with Crippen molar-refractivity contribution in [1.29, 1.82) is 0 Å². The van der Waals surface area contributed by atoms with Crippen LogP contribution in [-0.2, 0) is 0 Å². The van der Waals surface area contributed by atoms with Crippen molar-refractivity contribution in [3.8, 4) is 0 Å². The summed E-state index contributed by atoms with van der Waals surface area (Å²) in [6.45, 7) is 4.24. The van der Waals surface area contributed by atoms with Crippen LogP contribution in [0.5, 0.6) is 0 Å². The van der Waals surface area contributed by atoms with Crippen molar-refractivity contribution in [2.45, 2.75) is 44.7 Å². The lowest BCUT2D eigenvalue weighted by molar-refractivity contribution is 0.0888. The number of amides is 1. The molecule has 0 aliphatic carbocycles. The average Bonchev–Trinajstić information content (AvgIpc) is 3.06. The molecule has 0 spiro atoms. The first-order valence-electron chi connectivity index (χ1n) is 9.27. The van der Waals surface area contributed by atoms with Gasteiger partial charge in [0.05, 0.1) is 17.3 Å². The van der Waals surface area contributed by atoms with Gasteiger partial charge in [-0.2, -0.15) is 16.9 Å². The summed E-state index contributed by atoms with van der Waals surface area (Å²) >= 11 is 2.08. The number of rotatable bonds is 3. The van der Waals surface area contributed by atoms with E-state index in [9.17, 15) is 4.79 Å². The molecule has 1 amide bonds. The van der Waals surface area contributed by atoms with Crippen LogP contribution in [0.3, 0.4) is 0 Å². The van der Waals surface area contributed by atoms with Crippen LogP contribution in [-0.4, -0.2) is 57.1 Å². The topological polar surface area (TPSA) is 49.6 Å². The van der Waals surface area contributed by atoms with E-state index in [1.54, 1.807) is 10.7 Å². The van der Waals surface area contributed by atoms with Crippen molar-refractivity contribution in [2.24, 2.45) is 0 Å². The van der Waals surface area contributed by atoms with Gasteiger partial charge in [0.15, 0.2) is 0 Å². The maximum atomic E-state index is 12.7. The number of likely N-dealkylation sites (tertiary alicyclic amines) is 1. The Bertz CT molecular complexity index is 745. The van der Waals surface area contributed by atoms with Crippen molar-refractivity contribution in [3.63, 3.8) is 0 Å². The molecule has 4 rings (SSSR count). The zero-order chi connectivity index (χ0) is 17.2. The van der Waals surface area contributed by atoms with Gasteiger partial charge in [-0.3, -0.25) is 4.79 Å². The largest absolute Gasteiger partial charge is 0.349 e. The fraction of sp³-hybridized carbons (Fsp3) is 0.579. The Labute approximate surface area is 153 Å². The summed E-state index contributed by atoms with van der Waals surface area (Å²) in [5, 5.41) is 7.54. The number of fused-ring (bicyclic) bond motifs is 1. The molecule has 2 aromatic heterocycles. The van der Waals surface area contributed by atoms with Crippen LogP contribution < -0.4 is 5.32 Å². The Balaban J connectivity index is 1.35. The molecule has 2 aliphatic rings. The highest BCUT2D eigenvalue weighted by Gasteiger charge is 2.27. The third-order valence-corrected chi connectivity index (χ3v) is 6.53. The standard InChI is InChI=1S/C19H26N4OS/c1-14-2-3-18-17(12-20-23(18)13-14)19(24)21-15-4-8-22(9-5-15)16-6-10-25-11-7-16/h2-3,12-13,15-16H,4-11H2,1H3,(H,21,24). The fourth-order valence-corrected chi connectivity index (χ4v) is 5.07. The van der Waals surface area contributed by atoms with Gasteiger partial charge in [-0.15, -0.1) is 0 Å². The Morgan fingerprint density at radius 2 is 1.96 bits per heavy atom. The van der Waals surface area contributed by atoms with E-state index in [0.29, 0.717) is 5.56 Å². The van der Waals surface area contributed by atoms with E-state index in [0.717, 1.165) is 43.1 Å². The molecule has 0 saturated carbocycles. The second kappa shape index (κ2) is 7.38. The van der Waals surface area contributed by atoms with Crippen LogP contribution in [0, 0.1) is 6.92 Å². The molecule has 25 heavy (non-hydrogen) atoms. The molecule has 2 aromatic rings. The monoisotopic (exact) mass is 358 g/mol. The molecule has 0 bridgehead atoms. The van der Waals surface area contributed by atoms with Gasteiger partial charge in [0.2, 0.25) is 0 Å².